The first-order chi connectivity index (χ1) is 16.0. The Bertz CT molecular complexity index is 1300. The van der Waals surface area contributed by atoms with Crippen LogP contribution in [0.3, 0.4) is 0 Å². The van der Waals surface area contributed by atoms with Gasteiger partial charge in [0.05, 0.1) is 23.9 Å². The number of hydrogen-bond acceptors (Lipinski definition) is 5. The molecule has 2 aliphatic rings. The number of aromatic nitrogens is 2. The van der Waals surface area contributed by atoms with Gasteiger partial charge in [-0.1, -0.05) is 41.9 Å². The van der Waals surface area contributed by atoms with Gasteiger partial charge in [-0.3, -0.25) is 9.59 Å². The molecule has 8 nitrogen and oxygen atoms in total. The minimum atomic E-state index is -0.813. The molecule has 0 fully saturated rings. The topological polar surface area (TPSA) is 91.5 Å². The van der Waals surface area contributed by atoms with Crippen LogP contribution in [-0.2, 0) is 17.8 Å². The summed E-state index contributed by atoms with van der Waals surface area (Å²) in [6, 6.07) is 15.9. The Morgan fingerprint density at radius 1 is 1.21 bits per heavy atom. The van der Waals surface area contributed by atoms with Crippen molar-refractivity contribution in [3.05, 3.63) is 76.1 Å². The third kappa shape index (κ3) is 3.60. The van der Waals surface area contributed by atoms with E-state index in [9.17, 15) is 9.59 Å². The molecular weight excluding hydrogens is 442 g/mol. The summed E-state index contributed by atoms with van der Waals surface area (Å²) >= 11 is 6.56. The Hall–Kier alpha value is -3.83. The number of hydrogen-bond donors (Lipinski definition) is 0. The van der Waals surface area contributed by atoms with Crippen molar-refractivity contribution in [2.24, 2.45) is 0 Å². The van der Waals surface area contributed by atoms with Gasteiger partial charge in [-0.25, -0.2) is 4.68 Å². The summed E-state index contributed by atoms with van der Waals surface area (Å²) in [5.41, 5.74) is 2.98. The minimum Gasteiger partial charge on any atom is -0.489 e. The van der Waals surface area contributed by atoms with Crippen LogP contribution in [0.2, 0.25) is 5.15 Å². The molecule has 3 aromatic rings. The predicted octanol–water partition coefficient (Wildman–Crippen LogP) is 2.88. The van der Waals surface area contributed by atoms with Crippen LogP contribution in [-0.4, -0.2) is 52.7 Å². The van der Waals surface area contributed by atoms with Crippen LogP contribution in [0.4, 0.5) is 5.69 Å². The van der Waals surface area contributed by atoms with E-state index in [1.807, 2.05) is 30.3 Å². The third-order valence-electron chi connectivity index (χ3n) is 6.06. The maximum Gasteiger partial charge on any atom is 0.275 e. The molecule has 2 aliphatic heterocycles. The molecular formula is C24H20ClN5O3. The standard InChI is InChI=1S/C24H20ClN5O3/c1-28-18-8-7-16(12-26)11-20(18)33-14-19(23(28)31)29-10-9-17-21(24(29)32)27-30(22(17)25)13-15-5-3-2-4-6-15/h2-8,11,19H,9-10,13-14H2,1H3. The van der Waals surface area contributed by atoms with Crippen molar-refractivity contribution < 1.29 is 14.3 Å². The molecule has 2 aromatic carbocycles. The Kier molecular flexibility index (Phi) is 5.27. The lowest BCUT2D eigenvalue weighted by molar-refractivity contribution is -0.123. The van der Waals surface area contributed by atoms with Gasteiger partial charge in [0, 0.05) is 25.2 Å². The number of carbonyl (C=O) groups is 2. The van der Waals surface area contributed by atoms with Crippen LogP contribution < -0.4 is 9.64 Å². The molecule has 0 spiro atoms. The van der Waals surface area contributed by atoms with Crippen molar-refractivity contribution in [3.63, 3.8) is 0 Å². The van der Waals surface area contributed by atoms with Gasteiger partial charge < -0.3 is 14.5 Å². The summed E-state index contributed by atoms with van der Waals surface area (Å²) in [5, 5.41) is 14.1. The number of anilines is 1. The quantitative estimate of drug-likeness (QED) is 0.598. The highest BCUT2D eigenvalue weighted by atomic mass is 35.5. The molecule has 9 heteroatoms. The fourth-order valence-electron chi connectivity index (χ4n) is 4.28. The van der Waals surface area contributed by atoms with Crippen LogP contribution in [0, 0.1) is 11.3 Å². The lowest BCUT2D eigenvalue weighted by atomic mass is 10.0. The Balaban J connectivity index is 1.42. The lowest BCUT2D eigenvalue weighted by Gasteiger charge is -2.33. The summed E-state index contributed by atoms with van der Waals surface area (Å²) in [6.45, 7) is 0.769. The van der Waals surface area contributed by atoms with Crippen molar-refractivity contribution >= 4 is 29.1 Å². The molecule has 0 saturated heterocycles. The van der Waals surface area contributed by atoms with Gasteiger partial charge in [0.15, 0.2) is 5.69 Å². The Morgan fingerprint density at radius 2 is 2.00 bits per heavy atom. The number of halogens is 1. The van der Waals surface area contributed by atoms with E-state index in [0.717, 1.165) is 5.56 Å². The smallest absolute Gasteiger partial charge is 0.275 e. The number of likely N-dealkylation sites (N-methyl/N-ethyl adjacent to an activating group) is 1. The fourth-order valence-corrected chi connectivity index (χ4v) is 4.56. The number of rotatable bonds is 3. The van der Waals surface area contributed by atoms with Gasteiger partial charge in [0.25, 0.3) is 11.8 Å². The third-order valence-corrected chi connectivity index (χ3v) is 6.49. The van der Waals surface area contributed by atoms with E-state index in [2.05, 4.69) is 11.2 Å². The van der Waals surface area contributed by atoms with Gasteiger partial charge in [0.1, 0.15) is 23.6 Å². The largest absolute Gasteiger partial charge is 0.489 e. The monoisotopic (exact) mass is 461 g/mol. The molecule has 0 saturated carbocycles. The van der Waals surface area contributed by atoms with Crippen LogP contribution in [0.1, 0.15) is 27.2 Å². The molecule has 2 amide bonds. The molecule has 3 heterocycles. The van der Waals surface area contributed by atoms with Gasteiger partial charge in [0.2, 0.25) is 0 Å². The van der Waals surface area contributed by atoms with E-state index in [4.69, 9.17) is 21.6 Å². The number of amides is 2. The zero-order valence-corrected chi connectivity index (χ0v) is 18.6. The number of nitrogens with zero attached hydrogens (tertiary/aromatic N) is 5. The average Bonchev–Trinajstić information content (AvgIpc) is 3.09. The zero-order chi connectivity index (χ0) is 23.1. The first-order valence-corrected chi connectivity index (χ1v) is 10.9. The van der Waals surface area contributed by atoms with Crippen LogP contribution in [0.25, 0.3) is 0 Å². The molecule has 1 unspecified atom stereocenters. The number of ether oxygens (including phenoxy) is 1. The van der Waals surface area contributed by atoms with E-state index in [1.165, 1.54) is 9.80 Å². The highest BCUT2D eigenvalue weighted by Crippen LogP contribution is 2.34. The van der Waals surface area contributed by atoms with E-state index < -0.39 is 6.04 Å². The van der Waals surface area contributed by atoms with Gasteiger partial charge in [-0.2, -0.15) is 10.4 Å². The minimum absolute atomic E-state index is 0.00934. The summed E-state index contributed by atoms with van der Waals surface area (Å²) in [7, 11) is 1.64. The van der Waals surface area contributed by atoms with Crippen molar-refractivity contribution in [2.75, 3.05) is 25.1 Å². The van der Waals surface area contributed by atoms with E-state index in [0.29, 0.717) is 47.2 Å². The average molecular weight is 462 g/mol. The van der Waals surface area contributed by atoms with Crippen molar-refractivity contribution in [3.8, 4) is 11.8 Å². The van der Waals surface area contributed by atoms with Crippen molar-refractivity contribution in [2.45, 2.75) is 19.0 Å². The molecule has 33 heavy (non-hydrogen) atoms. The number of benzene rings is 2. The number of carbonyl (C=O) groups excluding carboxylic acids is 2. The molecule has 0 N–H and O–H groups in total. The molecule has 0 radical (unpaired) electrons. The van der Waals surface area contributed by atoms with E-state index in [-0.39, 0.29) is 24.1 Å². The first kappa shape index (κ1) is 21.0. The number of fused-ring (bicyclic) bond motifs is 2. The molecule has 1 aromatic heterocycles. The molecule has 5 rings (SSSR count). The van der Waals surface area contributed by atoms with Crippen molar-refractivity contribution in [1.82, 2.24) is 14.7 Å². The summed E-state index contributed by atoms with van der Waals surface area (Å²) in [5.74, 6) is -0.165. The maximum atomic E-state index is 13.4. The highest BCUT2D eigenvalue weighted by Gasteiger charge is 2.40. The second kappa shape index (κ2) is 8.26. The lowest BCUT2D eigenvalue weighted by Crippen LogP contribution is -2.54. The van der Waals surface area contributed by atoms with Gasteiger partial charge in [-0.15, -0.1) is 0 Å². The molecule has 1 atom stereocenters. The summed E-state index contributed by atoms with van der Waals surface area (Å²) in [4.78, 5) is 29.6. The van der Waals surface area contributed by atoms with Crippen molar-refractivity contribution in [1.29, 1.82) is 5.26 Å². The maximum absolute atomic E-state index is 13.4. The highest BCUT2D eigenvalue weighted by molar-refractivity contribution is 6.31. The van der Waals surface area contributed by atoms with Gasteiger partial charge >= 0.3 is 0 Å². The molecule has 0 bridgehead atoms. The fraction of sp³-hybridized carbons (Fsp3) is 0.250. The molecule has 166 valence electrons. The SMILES string of the molecule is CN1C(=O)C(N2CCc3c(nn(Cc4ccccc4)c3Cl)C2=O)COc2cc(C#N)ccc21. The predicted molar refractivity (Wildman–Crippen MR) is 121 cm³/mol. The second-order valence-corrected chi connectivity index (χ2v) is 8.39. The first-order valence-electron chi connectivity index (χ1n) is 10.5. The van der Waals surface area contributed by atoms with Gasteiger partial charge in [-0.05, 0) is 24.1 Å². The zero-order valence-electron chi connectivity index (χ0n) is 17.9. The summed E-state index contributed by atoms with van der Waals surface area (Å²) in [6.07, 6.45) is 0.494. The van der Waals surface area contributed by atoms with Crippen LogP contribution in [0.15, 0.2) is 48.5 Å². The second-order valence-electron chi connectivity index (χ2n) is 8.03. The van der Waals surface area contributed by atoms with E-state index >= 15 is 0 Å². The van der Waals surface area contributed by atoms with Crippen LogP contribution in [0.5, 0.6) is 5.75 Å². The van der Waals surface area contributed by atoms with E-state index in [1.54, 1.807) is 29.9 Å². The Labute approximate surface area is 195 Å². The number of nitriles is 1. The normalized spacial score (nSPS) is 17.7. The van der Waals surface area contributed by atoms with Crippen LogP contribution >= 0.6 is 11.6 Å². The summed E-state index contributed by atoms with van der Waals surface area (Å²) < 4.78 is 7.51. The Morgan fingerprint density at radius 3 is 2.76 bits per heavy atom. The molecule has 0 aliphatic carbocycles.